The first-order valence-electron chi connectivity index (χ1n) is 4.28. The van der Waals surface area contributed by atoms with Crippen molar-refractivity contribution >= 4 is 11.9 Å². The minimum Gasteiger partial charge on any atom is -0.469 e. The molecule has 13 heavy (non-hydrogen) atoms. The Morgan fingerprint density at radius 1 is 1.15 bits per heavy atom. The van der Waals surface area contributed by atoms with Crippen molar-refractivity contribution in [1.29, 1.82) is 0 Å². The molecule has 0 atom stereocenters. The molecule has 0 heterocycles. The van der Waals surface area contributed by atoms with Crippen molar-refractivity contribution in [1.82, 2.24) is 0 Å². The largest absolute Gasteiger partial charge is 0.469 e. The quantitative estimate of drug-likeness (QED) is 0.607. The molecule has 76 valence electrons. The van der Waals surface area contributed by atoms with Crippen molar-refractivity contribution in [2.24, 2.45) is 5.92 Å². The van der Waals surface area contributed by atoms with E-state index in [9.17, 15) is 9.59 Å². The highest BCUT2D eigenvalue weighted by Gasteiger charge is 2.08. The van der Waals surface area contributed by atoms with Crippen LogP contribution in [0.4, 0.5) is 0 Å². The van der Waals surface area contributed by atoms with Crippen LogP contribution in [0.15, 0.2) is 0 Å². The molecule has 0 unspecified atom stereocenters. The van der Waals surface area contributed by atoms with Gasteiger partial charge in [0.25, 0.3) is 0 Å². The van der Waals surface area contributed by atoms with Crippen LogP contribution in [0.3, 0.4) is 0 Å². The molecule has 0 bridgehead atoms. The Morgan fingerprint density at radius 3 is 2.15 bits per heavy atom. The lowest BCUT2D eigenvalue weighted by molar-refractivity contribution is -0.149. The number of methoxy groups -OCH3 is 1. The molecule has 4 heteroatoms. The molecular weight excluding hydrogens is 172 g/mol. The van der Waals surface area contributed by atoms with Crippen molar-refractivity contribution in [3.05, 3.63) is 0 Å². The van der Waals surface area contributed by atoms with E-state index in [1.54, 1.807) is 0 Å². The lowest BCUT2D eigenvalue weighted by atomic mass is 10.2. The van der Waals surface area contributed by atoms with E-state index in [4.69, 9.17) is 4.74 Å². The van der Waals surface area contributed by atoms with Crippen molar-refractivity contribution < 1.29 is 19.1 Å². The summed E-state index contributed by atoms with van der Waals surface area (Å²) in [6, 6.07) is 0. The number of esters is 2. The first-order chi connectivity index (χ1) is 6.06. The van der Waals surface area contributed by atoms with Gasteiger partial charge in [0.1, 0.15) is 0 Å². The molecule has 0 aromatic carbocycles. The van der Waals surface area contributed by atoms with Crippen LogP contribution in [0.25, 0.3) is 0 Å². The third-order valence-electron chi connectivity index (χ3n) is 1.34. The van der Waals surface area contributed by atoms with Crippen molar-refractivity contribution in [3.63, 3.8) is 0 Å². The van der Waals surface area contributed by atoms with E-state index in [1.807, 2.05) is 13.8 Å². The highest BCUT2D eigenvalue weighted by atomic mass is 16.5. The number of hydrogen-bond acceptors (Lipinski definition) is 4. The molecule has 0 N–H and O–H groups in total. The summed E-state index contributed by atoms with van der Waals surface area (Å²) in [7, 11) is 1.29. The molecule has 0 aromatic rings. The molecule has 0 fully saturated rings. The van der Waals surface area contributed by atoms with Gasteiger partial charge in [0, 0.05) is 0 Å². The number of hydrogen-bond donors (Lipinski definition) is 0. The third kappa shape index (κ3) is 7.31. The Bertz CT molecular complexity index is 174. The van der Waals surface area contributed by atoms with Crippen molar-refractivity contribution in [2.75, 3.05) is 13.7 Å². The number of rotatable bonds is 5. The minimum absolute atomic E-state index is 0.0907. The number of ether oxygens (including phenoxy) is 2. The van der Waals surface area contributed by atoms with Gasteiger partial charge in [0.15, 0.2) is 0 Å². The Balaban J connectivity index is 3.46. The van der Waals surface area contributed by atoms with Gasteiger partial charge in [-0.1, -0.05) is 13.8 Å². The molecule has 0 aliphatic carbocycles. The maximum absolute atomic E-state index is 10.9. The van der Waals surface area contributed by atoms with E-state index in [1.165, 1.54) is 7.11 Å². The van der Waals surface area contributed by atoms with Gasteiger partial charge in [-0.25, -0.2) is 0 Å². The van der Waals surface area contributed by atoms with Gasteiger partial charge in [-0.2, -0.15) is 0 Å². The topological polar surface area (TPSA) is 52.6 Å². The fourth-order valence-corrected chi connectivity index (χ4v) is 0.638. The summed E-state index contributed by atoms with van der Waals surface area (Å²) in [4.78, 5) is 21.6. The smallest absolute Gasteiger partial charge is 0.306 e. The molecule has 0 spiro atoms. The van der Waals surface area contributed by atoms with E-state index < -0.39 is 0 Å². The molecule has 0 aliphatic heterocycles. The molecule has 0 aromatic heterocycles. The van der Waals surface area contributed by atoms with Crippen molar-refractivity contribution in [3.8, 4) is 0 Å². The summed E-state index contributed by atoms with van der Waals surface area (Å²) in [5.41, 5.74) is 0. The van der Waals surface area contributed by atoms with E-state index in [-0.39, 0.29) is 24.8 Å². The minimum atomic E-state index is -0.388. The van der Waals surface area contributed by atoms with E-state index in [0.717, 1.165) is 0 Å². The van der Waals surface area contributed by atoms with Gasteiger partial charge in [0.2, 0.25) is 0 Å². The molecule has 0 rings (SSSR count). The summed E-state index contributed by atoms with van der Waals surface area (Å²) in [6.45, 7) is 4.31. The molecule has 0 saturated heterocycles. The van der Waals surface area contributed by atoms with Gasteiger partial charge in [-0.3, -0.25) is 9.59 Å². The highest BCUT2D eigenvalue weighted by Crippen LogP contribution is 1.98. The highest BCUT2D eigenvalue weighted by molar-refractivity contribution is 5.77. The van der Waals surface area contributed by atoms with Crippen LogP contribution in [-0.4, -0.2) is 25.7 Å². The van der Waals surface area contributed by atoms with Gasteiger partial charge in [0.05, 0.1) is 26.6 Å². The Kier molecular flexibility index (Phi) is 5.93. The molecule has 0 radical (unpaired) electrons. The average Bonchev–Trinajstić information content (AvgIpc) is 2.10. The van der Waals surface area contributed by atoms with Crippen LogP contribution in [-0.2, 0) is 19.1 Å². The van der Waals surface area contributed by atoms with Gasteiger partial charge < -0.3 is 9.47 Å². The van der Waals surface area contributed by atoms with Crippen molar-refractivity contribution in [2.45, 2.75) is 26.7 Å². The predicted octanol–water partition coefficient (Wildman–Crippen LogP) is 1.14. The third-order valence-corrected chi connectivity index (χ3v) is 1.34. The molecule has 0 aliphatic rings. The van der Waals surface area contributed by atoms with Crippen LogP contribution in [0.1, 0.15) is 26.7 Å². The Hall–Kier alpha value is -1.06. The summed E-state index contributed by atoms with van der Waals surface area (Å²) >= 11 is 0. The molecule has 0 saturated carbocycles. The standard InChI is InChI=1S/C9H16O4/c1-7(2)6-13-9(11)5-4-8(10)12-3/h7H,4-6H2,1-3H3. The monoisotopic (exact) mass is 188 g/mol. The van der Waals surface area contributed by atoms with Gasteiger partial charge in [-0.15, -0.1) is 0 Å². The molecular formula is C9H16O4. The SMILES string of the molecule is COC(=O)CCC(=O)OCC(C)C. The van der Waals surface area contributed by atoms with E-state index >= 15 is 0 Å². The average molecular weight is 188 g/mol. The molecule has 0 amide bonds. The lowest BCUT2D eigenvalue weighted by Crippen LogP contribution is -2.12. The summed E-state index contributed by atoms with van der Waals surface area (Å²) in [6.07, 6.45) is 0.187. The Morgan fingerprint density at radius 2 is 1.69 bits per heavy atom. The van der Waals surface area contributed by atoms with Gasteiger partial charge in [-0.05, 0) is 5.92 Å². The second-order valence-corrected chi connectivity index (χ2v) is 3.15. The lowest BCUT2D eigenvalue weighted by Gasteiger charge is -2.06. The second kappa shape index (κ2) is 6.46. The van der Waals surface area contributed by atoms with Gasteiger partial charge >= 0.3 is 11.9 Å². The van der Waals surface area contributed by atoms with Crippen LogP contribution >= 0.6 is 0 Å². The fraction of sp³-hybridized carbons (Fsp3) is 0.778. The first kappa shape index (κ1) is 11.9. The van der Waals surface area contributed by atoms with Crippen LogP contribution in [0.5, 0.6) is 0 Å². The predicted molar refractivity (Wildman–Crippen MR) is 47.0 cm³/mol. The zero-order valence-corrected chi connectivity index (χ0v) is 8.33. The maximum Gasteiger partial charge on any atom is 0.306 e. The number of carbonyl (C=O) groups is 2. The Labute approximate surface area is 78.2 Å². The van der Waals surface area contributed by atoms with Crippen LogP contribution in [0, 0.1) is 5.92 Å². The summed E-state index contributed by atoms with van der Waals surface area (Å²) < 4.78 is 9.23. The first-order valence-corrected chi connectivity index (χ1v) is 4.28. The van der Waals surface area contributed by atoms with E-state index in [0.29, 0.717) is 12.5 Å². The second-order valence-electron chi connectivity index (χ2n) is 3.15. The normalized spacial score (nSPS) is 9.85. The maximum atomic E-state index is 10.9. The fourth-order valence-electron chi connectivity index (χ4n) is 0.638. The summed E-state index contributed by atoms with van der Waals surface area (Å²) in [5, 5.41) is 0. The number of carbonyl (C=O) groups excluding carboxylic acids is 2. The van der Waals surface area contributed by atoms with Crippen LogP contribution < -0.4 is 0 Å². The van der Waals surface area contributed by atoms with E-state index in [2.05, 4.69) is 4.74 Å². The molecule has 4 nitrogen and oxygen atoms in total. The summed E-state index contributed by atoms with van der Waals surface area (Å²) in [5.74, 6) is -0.414. The van der Waals surface area contributed by atoms with Crippen LogP contribution in [0.2, 0.25) is 0 Å². The zero-order valence-electron chi connectivity index (χ0n) is 8.33. The zero-order chi connectivity index (χ0) is 10.3.